The molecular formula is C27H56O5. The molecule has 5 heteroatoms. The van der Waals surface area contributed by atoms with Crippen LogP contribution in [-0.4, -0.2) is 37.5 Å². The van der Waals surface area contributed by atoms with Crippen LogP contribution in [-0.2, 0) is 24.0 Å². The molecule has 2 atom stereocenters. The summed E-state index contributed by atoms with van der Waals surface area (Å²) in [6, 6.07) is 0. The van der Waals surface area contributed by atoms with E-state index in [0.717, 1.165) is 38.5 Å². The zero-order valence-corrected chi connectivity index (χ0v) is 23.4. The highest BCUT2D eigenvalue weighted by atomic mass is 17.2. The van der Waals surface area contributed by atoms with Crippen molar-refractivity contribution in [2.45, 2.75) is 145 Å². The van der Waals surface area contributed by atoms with Gasteiger partial charge in [0.2, 0.25) is 5.79 Å². The minimum Gasteiger partial charge on any atom is -0.345 e. The average molecular weight is 461 g/mol. The minimum atomic E-state index is -1.23. The summed E-state index contributed by atoms with van der Waals surface area (Å²) in [6.07, 6.45) is 7.95. The molecule has 0 bridgehead atoms. The van der Waals surface area contributed by atoms with Gasteiger partial charge in [-0.1, -0.05) is 88.5 Å². The van der Waals surface area contributed by atoms with Gasteiger partial charge in [-0.3, -0.25) is 0 Å². The minimum absolute atomic E-state index is 0.0131. The van der Waals surface area contributed by atoms with Crippen LogP contribution in [0.25, 0.3) is 0 Å². The first kappa shape index (κ1) is 31.8. The van der Waals surface area contributed by atoms with E-state index < -0.39 is 11.6 Å². The van der Waals surface area contributed by atoms with Crippen LogP contribution in [0.4, 0.5) is 0 Å². The van der Waals surface area contributed by atoms with E-state index in [1.165, 1.54) is 12.8 Å². The summed E-state index contributed by atoms with van der Waals surface area (Å²) < 4.78 is 20.1. The molecule has 0 N–H and O–H groups in total. The molecule has 2 unspecified atom stereocenters. The van der Waals surface area contributed by atoms with Crippen molar-refractivity contribution in [2.75, 3.05) is 19.8 Å². The molecule has 0 spiro atoms. The molecule has 194 valence electrons. The second-order valence-electron chi connectivity index (χ2n) is 11.0. The van der Waals surface area contributed by atoms with Crippen LogP contribution < -0.4 is 0 Å². The monoisotopic (exact) mass is 460 g/mol. The zero-order chi connectivity index (χ0) is 24.9. The summed E-state index contributed by atoms with van der Waals surface area (Å²) in [5, 5.41) is 0. The van der Waals surface area contributed by atoms with E-state index in [-0.39, 0.29) is 16.9 Å². The van der Waals surface area contributed by atoms with E-state index in [1.54, 1.807) is 0 Å². The fourth-order valence-corrected chi connectivity index (χ4v) is 3.77. The van der Waals surface area contributed by atoms with Crippen LogP contribution >= 0.6 is 0 Å². The molecule has 0 aromatic rings. The quantitative estimate of drug-likeness (QED) is 0.0844. The van der Waals surface area contributed by atoms with Crippen molar-refractivity contribution in [1.82, 2.24) is 0 Å². The normalized spacial score (nSPS) is 16.9. The van der Waals surface area contributed by atoms with Gasteiger partial charge < -0.3 is 14.2 Å². The third kappa shape index (κ3) is 9.58. The fraction of sp³-hybridized carbons (Fsp3) is 1.00. The van der Waals surface area contributed by atoms with Gasteiger partial charge in [-0.25, -0.2) is 4.89 Å². The van der Waals surface area contributed by atoms with E-state index in [2.05, 4.69) is 69.2 Å². The molecule has 0 saturated heterocycles. The van der Waals surface area contributed by atoms with Crippen molar-refractivity contribution in [3.05, 3.63) is 0 Å². The molecule has 0 saturated carbocycles. The molecule has 32 heavy (non-hydrogen) atoms. The SMILES string of the molecule is CCCCCCOOC(C)(OC(CC)CC)C(OCCC)(OCC(C)(C)C)C(C)(C)CC. The molecule has 0 aromatic carbocycles. The molecule has 0 fully saturated rings. The molecule has 0 aromatic heterocycles. The summed E-state index contributed by atoms with van der Waals surface area (Å²) in [5.74, 6) is -2.36. The van der Waals surface area contributed by atoms with E-state index in [1.807, 2.05) is 6.92 Å². The number of unbranched alkanes of at least 4 members (excludes halogenated alkanes) is 3. The Morgan fingerprint density at radius 1 is 0.688 bits per heavy atom. The first-order chi connectivity index (χ1) is 14.9. The van der Waals surface area contributed by atoms with Crippen molar-refractivity contribution < 1.29 is 24.0 Å². The molecular weight excluding hydrogens is 404 g/mol. The summed E-state index contributed by atoms with van der Waals surface area (Å²) in [5.41, 5.74) is -0.429. The molecule has 0 aliphatic heterocycles. The Kier molecular flexibility index (Phi) is 14.8. The first-order valence-electron chi connectivity index (χ1n) is 13.1. The number of hydrogen-bond acceptors (Lipinski definition) is 5. The van der Waals surface area contributed by atoms with E-state index in [0.29, 0.717) is 19.8 Å². The second-order valence-corrected chi connectivity index (χ2v) is 11.0. The van der Waals surface area contributed by atoms with Crippen LogP contribution in [0.3, 0.4) is 0 Å². The van der Waals surface area contributed by atoms with Crippen molar-refractivity contribution in [1.29, 1.82) is 0 Å². The standard InChI is InChI=1S/C27H56O5/c1-12-17-18-19-21-30-32-26(11,31-23(14-3)15-4)27(28-20-13-2,25(9,10)16-5)29-22-24(6,7)8/h23H,12-22H2,1-11H3. The van der Waals surface area contributed by atoms with Gasteiger partial charge in [0.25, 0.3) is 5.79 Å². The molecule has 0 radical (unpaired) electrons. The average Bonchev–Trinajstić information content (AvgIpc) is 2.73. The van der Waals surface area contributed by atoms with Crippen LogP contribution in [0, 0.1) is 10.8 Å². The van der Waals surface area contributed by atoms with E-state index in [4.69, 9.17) is 24.0 Å². The molecule has 0 aliphatic rings. The van der Waals surface area contributed by atoms with Crippen LogP contribution in [0.1, 0.15) is 128 Å². The van der Waals surface area contributed by atoms with Gasteiger partial charge in [-0.05, 0) is 44.4 Å². The Morgan fingerprint density at radius 3 is 1.78 bits per heavy atom. The lowest BCUT2D eigenvalue weighted by atomic mass is 9.75. The molecule has 0 rings (SSSR count). The third-order valence-electron chi connectivity index (χ3n) is 6.19. The Balaban J connectivity index is 6.22. The second kappa shape index (κ2) is 14.9. The van der Waals surface area contributed by atoms with Crippen LogP contribution in [0.2, 0.25) is 0 Å². The van der Waals surface area contributed by atoms with Gasteiger partial charge in [0.05, 0.1) is 25.9 Å². The molecule has 0 aliphatic carbocycles. The number of rotatable bonds is 19. The predicted molar refractivity (Wildman–Crippen MR) is 133 cm³/mol. The predicted octanol–water partition coefficient (Wildman–Crippen LogP) is 8.06. The summed E-state index contributed by atoms with van der Waals surface area (Å²) in [7, 11) is 0. The van der Waals surface area contributed by atoms with E-state index >= 15 is 0 Å². The van der Waals surface area contributed by atoms with Gasteiger partial charge in [-0.15, -0.1) is 0 Å². The van der Waals surface area contributed by atoms with Crippen molar-refractivity contribution in [3.63, 3.8) is 0 Å². The summed E-state index contributed by atoms with van der Waals surface area (Å²) in [6.45, 7) is 25.1. The lowest BCUT2D eigenvalue weighted by Gasteiger charge is -2.54. The van der Waals surface area contributed by atoms with Crippen LogP contribution in [0.5, 0.6) is 0 Å². The topological polar surface area (TPSA) is 46.2 Å². The molecule has 5 nitrogen and oxygen atoms in total. The lowest BCUT2D eigenvalue weighted by molar-refractivity contribution is -0.522. The maximum Gasteiger partial charge on any atom is 0.254 e. The van der Waals surface area contributed by atoms with Crippen LogP contribution in [0.15, 0.2) is 0 Å². The van der Waals surface area contributed by atoms with Gasteiger partial charge in [0, 0.05) is 5.41 Å². The van der Waals surface area contributed by atoms with Gasteiger partial charge in [0.15, 0.2) is 0 Å². The first-order valence-corrected chi connectivity index (χ1v) is 13.1. The number of hydrogen-bond donors (Lipinski definition) is 0. The number of ether oxygens (including phenoxy) is 3. The largest absolute Gasteiger partial charge is 0.345 e. The Labute approximate surface area is 200 Å². The highest BCUT2D eigenvalue weighted by Crippen LogP contribution is 2.49. The van der Waals surface area contributed by atoms with Crippen molar-refractivity contribution in [3.8, 4) is 0 Å². The highest BCUT2D eigenvalue weighted by Gasteiger charge is 2.63. The van der Waals surface area contributed by atoms with E-state index in [9.17, 15) is 0 Å². The molecule has 0 heterocycles. The maximum absolute atomic E-state index is 6.75. The Bertz CT molecular complexity index is 469. The van der Waals surface area contributed by atoms with Crippen molar-refractivity contribution in [2.24, 2.45) is 10.8 Å². The Morgan fingerprint density at radius 2 is 1.31 bits per heavy atom. The fourth-order valence-electron chi connectivity index (χ4n) is 3.77. The smallest absolute Gasteiger partial charge is 0.254 e. The zero-order valence-electron chi connectivity index (χ0n) is 23.4. The Hall–Kier alpha value is -0.200. The van der Waals surface area contributed by atoms with Crippen molar-refractivity contribution >= 4 is 0 Å². The lowest BCUT2D eigenvalue weighted by Crippen LogP contribution is -2.67. The molecule has 0 amide bonds. The highest BCUT2D eigenvalue weighted by molar-refractivity contribution is 4.98. The maximum atomic E-state index is 6.75. The van der Waals surface area contributed by atoms with Gasteiger partial charge in [-0.2, -0.15) is 4.89 Å². The summed E-state index contributed by atoms with van der Waals surface area (Å²) >= 11 is 0. The summed E-state index contributed by atoms with van der Waals surface area (Å²) in [4.78, 5) is 12.0. The van der Waals surface area contributed by atoms with Gasteiger partial charge >= 0.3 is 0 Å². The van der Waals surface area contributed by atoms with Gasteiger partial charge in [0.1, 0.15) is 0 Å². The third-order valence-corrected chi connectivity index (χ3v) is 6.19.